The maximum absolute atomic E-state index is 14.0. The minimum atomic E-state index is -1.11. The minimum Gasteiger partial charge on any atom is -0.491 e. The van der Waals surface area contributed by atoms with Crippen LogP contribution in [0, 0.1) is 0 Å². The number of thiazole rings is 1. The highest BCUT2D eigenvalue weighted by atomic mass is 32.1. The number of fused-ring (bicyclic) bond motifs is 1. The average molecular weight is 581 g/mol. The number of carbonyl (C=O) groups excluding carboxylic acids is 1. The number of nitrogens with zero attached hydrogens (tertiary/aromatic N) is 2. The SMILES string of the molecule is CCOC(=O)C1=C(C)N=c2s/c(=C/c3ccc(OCC(=O)O)c(OCC)c3)c(=O)n2[C@@H]1c1ccccc1OC(C)C. The van der Waals surface area contributed by atoms with Gasteiger partial charge in [-0.2, -0.15) is 0 Å². The first kappa shape index (κ1) is 29.6. The molecule has 216 valence electrons. The molecule has 0 bridgehead atoms. The van der Waals surface area contributed by atoms with Gasteiger partial charge in [-0.25, -0.2) is 14.6 Å². The molecule has 10 nitrogen and oxygen atoms in total. The van der Waals surface area contributed by atoms with Crippen molar-refractivity contribution in [2.75, 3.05) is 19.8 Å². The molecule has 0 radical (unpaired) electrons. The molecule has 2 aromatic carbocycles. The Morgan fingerprint density at radius 1 is 1.07 bits per heavy atom. The van der Waals surface area contributed by atoms with Crippen molar-refractivity contribution in [1.29, 1.82) is 0 Å². The van der Waals surface area contributed by atoms with Crippen LogP contribution in [-0.4, -0.2) is 47.5 Å². The topological polar surface area (TPSA) is 126 Å². The molecule has 11 heteroatoms. The highest BCUT2D eigenvalue weighted by Gasteiger charge is 2.35. The zero-order valence-corrected chi connectivity index (χ0v) is 24.3. The van der Waals surface area contributed by atoms with E-state index in [1.54, 1.807) is 45.0 Å². The molecule has 1 aromatic heterocycles. The standard InChI is InChI=1S/C30H32N2O8S/c1-6-37-23-14-19(12-13-22(23)39-16-25(33)34)15-24-28(35)32-27(20-10-8-9-11-21(20)40-17(3)4)26(29(36)38-7-2)18(5)31-30(32)41-24/h8-15,17,27H,6-7,16H2,1-5H3,(H,33,34)/b24-15+/t27-/m1/s1. The first-order valence-electron chi connectivity index (χ1n) is 13.2. The van der Waals surface area contributed by atoms with E-state index in [9.17, 15) is 14.4 Å². The molecule has 1 aliphatic rings. The predicted molar refractivity (Wildman–Crippen MR) is 153 cm³/mol. The lowest BCUT2D eigenvalue weighted by molar-refractivity contribution is -0.140. The van der Waals surface area contributed by atoms with E-state index >= 15 is 0 Å². The Hall–Kier alpha value is -4.38. The van der Waals surface area contributed by atoms with Crippen LogP contribution in [0.4, 0.5) is 0 Å². The van der Waals surface area contributed by atoms with Gasteiger partial charge in [0.25, 0.3) is 5.56 Å². The van der Waals surface area contributed by atoms with Gasteiger partial charge in [-0.15, -0.1) is 0 Å². The summed E-state index contributed by atoms with van der Waals surface area (Å²) >= 11 is 1.19. The summed E-state index contributed by atoms with van der Waals surface area (Å²) in [7, 11) is 0. The number of hydrogen-bond donors (Lipinski definition) is 1. The average Bonchev–Trinajstić information content (AvgIpc) is 3.21. The van der Waals surface area contributed by atoms with Crippen molar-refractivity contribution in [2.45, 2.75) is 46.8 Å². The fourth-order valence-corrected chi connectivity index (χ4v) is 5.49. The summed E-state index contributed by atoms with van der Waals surface area (Å²) in [5, 5.41) is 8.96. The molecule has 3 aromatic rings. The zero-order valence-electron chi connectivity index (χ0n) is 23.5. The fraction of sp³-hybridized carbons (Fsp3) is 0.333. The molecular formula is C30H32N2O8S. The Bertz CT molecular complexity index is 1670. The summed E-state index contributed by atoms with van der Waals surface area (Å²) in [5.74, 6) is -0.467. The van der Waals surface area contributed by atoms with Crippen LogP contribution in [-0.2, 0) is 14.3 Å². The number of rotatable bonds is 11. The quantitative estimate of drug-likeness (QED) is 0.342. The number of aliphatic carboxylic acids is 1. The minimum absolute atomic E-state index is 0.134. The fourth-order valence-electron chi connectivity index (χ4n) is 4.45. The van der Waals surface area contributed by atoms with E-state index in [0.717, 1.165) is 0 Å². The van der Waals surface area contributed by atoms with Crippen LogP contribution >= 0.6 is 11.3 Å². The summed E-state index contributed by atoms with van der Waals surface area (Å²) < 4.78 is 24.3. The third-order valence-corrected chi connectivity index (χ3v) is 6.99. The first-order chi connectivity index (χ1) is 19.6. The smallest absolute Gasteiger partial charge is 0.341 e. The first-order valence-corrected chi connectivity index (χ1v) is 14.0. The molecule has 4 rings (SSSR count). The number of ether oxygens (including phenoxy) is 4. The van der Waals surface area contributed by atoms with Crippen LogP contribution < -0.4 is 29.1 Å². The molecule has 2 heterocycles. The van der Waals surface area contributed by atoms with E-state index in [4.69, 9.17) is 24.1 Å². The second-order valence-corrected chi connectivity index (χ2v) is 10.3. The van der Waals surface area contributed by atoms with Crippen molar-refractivity contribution in [2.24, 2.45) is 4.99 Å². The second-order valence-electron chi connectivity index (χ2n) is 9.33. The molecule has 1 N–H and O–H groups in total. The lowest BCUT2D eigenvalue weighted by Gasteiger charge is -2.26. The van der Waals surface area contributed by atoms with Gasteiger partial charge in [0.15, 0.2) is 22.9 Å². The molecule has 41 heavy (non-hydrogen) atoms. The maximum atomic E-state index is 14.0. The molecule has 0 aliphatic carbocycles. The summed E-state index contributed by atoms with van der Waals surface area (Å²) in [4.78, 5) is 43.2. The van der Waals surface area contributed by atoms with Crippen LogP contribution in [0.1, 0.15) is 51.8 Å². The number of esters is 1. The van der Waals surface area contributed by atoms with E-state index in [2.05, 4.69) is 4.99 Å². The second kappa shape index (κ2) is 12.9. The van der Waals surface area contributed by atoms with Crippen LogP contribution in [0.15, 0.2) is 63.5 Å². The van der Waals surface area contributed by atoms with Crippen LogP contribution in [0.3, 0.4) is 0 Å². The Balaban J connectivity index is 1.89. The van der Waals surface area contributed by atoms with Gasteiger partial charge in [0.2, 0.25) is 0 Å². The van der Waals surface area contributed by atoms with Crippen molar-refractivity contribution in [3.8, 4) is 17.2 Å². The van der Waals surface area contributed by atoms with Gasteiger partial charge < -0.3 is 24.1 Å². The Morgan fingerprint density at radius 3 is 2.51 bits per heavy atom. The monoisotopic (exact) mass is 580 g/mol. The lowest BCUT2D eigenvalue weighted by Crippen LogP contribution is -2.40. The van der Waals surface area contributed by atoms with E-state index in [0.29, 0.717) is 44.3 Å². The van der Waals surface area contributed by atoms with E-state index in [1.807, 2.05) is 38.1 Å². The summed E-state index contributed by atoms with van der Waals surface area (Å²) in [6, 6.07) is 11.5. The van der Waals surface area contributed by atoms with Gasteiger partial charge in [-0.1, -0.05) is 35.6 Å². The number of para-hydroxylation sites is 1. The highest BCUT2D eigenvalue weighted by molar-refractivity contribution is 7.07. The van der Waals surface area contributed by atoms with Gasteiger partial charge in [0, 0.05) is 5.56 Å². The zero-order chi connectivity index (χ0) is 29.7. The van der Waals surface area contributed by atoms with Crippen molar-refractivity contribution >= 4 is 29.4 Å². The van der Waals surface area contributed by atoms with Crippen molar-refractivity contribution < 1.29 is 33.6 Å². The molecule has 0 unspecified atom stereocenters. The Labute approximate surface area is 240 Å². The van der Waals surface area contributed by atoms with Gasteiger partial charge in [-0.05, 0) is 64.5 Å². The third-order valence-electron chi connectivity index (χ3n) is 6.01. The summed E-state index contributed by atoms with van der Waals surface area (Å²) in [6.07, 6.45) is 1.56. The highest BCUT2D eigenvalue weighted by Crippen LogP contribution is 2.36. The third kappa shape index (κ3) is 6.51. The Morgan fingerprint density at radius 2 is 1.83 bits per heavy atom. The largest absolute Gasteiger partial charge is 0.491 e. The predicted octanol–water partition coefficient (Wildman–Crippen LogP) is 3.45. The number of benzene rings is 2. The molecular weight excluding hydrogens is 548 g/mol. The van der Waals surface area contributed by atoms with Gasteiger partial charge in [0.05, 0.1) is 35.1 Å². The van der Waals surface area contributed by atoms with Crippen molar-refractivity contribution in [3.05, 3.63) is 84.5 Å². The van der Waals surface area contributed by atoms with Crippen LogP contribution in [0.25, 0.3) is 6.08 Å². The summed E-state index contributed by atoms with van der Waals surface area (Å²) in [5.41, 5.74) is 1.67. The lowest BCUT2D eigenvalue weighted by atomic mass is 9.95. The molecule has 1 aliphatic heterocycles. The Kier molecular flexibility index (Phi) is 9.28. The van der Waals surface area contributed by atoms with E-state index in [1.165, 1.54) is 15.9 Å². The number of hydrogen-bond acceptors (Lipinski definition) is 9. The van der Waals surface area contributed by atoms with Crippen molar-refractivity contribution in [3.63, 3.8) is 0 Å². The van der Waals surface area contributed by atoms with E-state index in [-0.39, 0.29) is 29.6 Å². The molecule has 0 spiro atoms. The molecule has 0 amide bonds. The molecule has 1 atom stereocenters. The normalized spacial score (nSPS) is 14.9. The van der Waals surface area contributed by atoms with E-state index < -0.39 is 24.6 Å². The van der Waals surface area contributed by atoms with Gasteiger partial charge in [0.1, 0.15) is 11.8 Å². The van der Waals surface area contributed by atoms with Gasteiger partial charge >= 0.3 is 11.9 Å². The summed E-state index contributed by atoms with van der Waals surface area (Å²) in [6.45, 7) is 9.06. The van der Waals surface area contributed by atoms with Crippen molar-refractivity contribution in [1.82, 2.24) is 4.57 Å². The van der Waals surface area contributed by atoms with Crippen LogP contribution in [0.2, 0.25) is 0 Å². The number of carboxylic acids is 1. The van der Waals surface area contributed by atoms with Crippen LogP contribution in [0.5, 0.6) is 17.2 Å². The molecule has 0 saturated heterocycles. The van der Waals surface area contributed by atoms with Gasteiger partial charge in [-0.3, -0.25) is 9.36 Å². The number of aromatic nitrogens is 1. The maximum Gasteiger partial charge on any atom is 0.341 e. The number of carbonyl (C=O) groups is 2. The molecule has 0 saturated carbocycles. The molecule has 0 fully saturated rings. The number of carboxylic acid groups (broad SMARTS) is 1. The number of allylic oxidation sites excluding steroid dienone is 1.